The van der Waals surface area contributed by atoms with Crippen molar-refractivity contribution in [2.24, 2.45) is 0 Å². The molecule has 3 aromatic rings. The maximum absolute atomic E-state index is 13.5. The van der Waals surface area contributed by atoms with E-state index in [0.717, 1.165) is 59.7 Å². The molecule has 1 aromatic carbocycles. The van der Waals surface area contributed by atoms with Crippen LogP contribution in [0, 0.1) is 13.8 Å². The van der Waals surface area contributed by atoms with Crippen molar-refractivity contribution in [3.05, 3.63) is 52.3 Å². The third-order valence-electron chi connectivity index (χ3n) is 6.29. The van der Waals surface area contributed by atoms with Gasteiger partial charge in [-0.25, -0.2) is 0 Å². The van der Waals surface area contributed by atoms with Gasteiger partial charge in [-0.05, 0) is 63.9 Å². The highest BCUT2D eigenvalue weighted by Crippen LogP contribution is 2.42. The second kappa shape index (κ2) is 9.16. The van der Waals surface area contributed by atoms with Crippen LogP contribution in [0.4, 0.5) is 5.95 Å². The summed E-state index contributed by atoms with van der Waals surface area (Å²) in [6.45, 7) is 9.03. The van der Waals surface area contributed by atoms with Crippen LogP contribution >= 0.6 is 23.4 Å². The molecule has 0 unspecified atom stereocenters. The minimum Gasteiger partial charge on any atom is -0.378 e. The van der Waals surface area contributed by atoms with Crippen molar-refractivity contribution in [3.8, 4) is 5.69 Å². The molecule has 7 nitrogen and oxygen atoms in total. The normalized spacial score (nSPS) is 17.4. The lowest BCUT2D eigenvalue weighted by Crippen LogP contribution is -2.38. The number of hydrogen-bond acceptors (Lipinski definition) is 6. The van der Waals surface area contributed by atoms with Gasteiger partial charge in [-0.15, -0.1) is 10.2 Å². The molecule has 2 aromatic heterocycles. The zero-order valence-electron chi connectivity index (χ0n) is 19.1. The lowest BCUT2D eigenvalue weighted by Gasteiger charge is -2.28. The highest BCUT2D eigenvalue weighted by atomic mass is 35.5. The van der Waals surface area contributed by atoms with E-state index in [-0.39, 0.29) is 11.0 Å². The molecule has 1 saturated carbocycles. The maximum Gasteiger partial charge on any atom is 0.228 e. The first-order valence-corrected chi connectivity index (χ1v) is 12.6. The molecule has 1 aliphatic carbocycles. The predicted octanol–water partition coefficient (Wildman–Crippen LogP) is 4.87. The Bertz CT molecular complexity index is 1160. The Morgan fingerprint density at radius 3 is 2.52 bits per heavy atom. The van der Waals surface area contributed by atoms with Crippen LogP contribution in [0.15, 0.2) is 35.5 Å². The van der Waals surface area contributed by atoms with Crippen molar-refractivity contribution < 1.29 is 9.53 Å². The van der Waals surface area contributed by atoms with E-state index < -0.39 is 0 Å². The lowest BCUT2D eigenvalue weighted by atomic mass is 10.1. The third-order valence-corrected chi connectivity index (χ3v) is 7.59. The first-order valence-electron chi connectivity index (χ1n) is 11.4. The molecule has 2 fully saturated rings. The molecule has 174 valence electrons. The molecule has 5 rings (SSSR count). The number of hydrogen-bond donors (Lipinski definition) is 0. The summed E-state index contributed by atoms with van der Waals surface area (Å²) < 4.78 is 9.83. The van der Waals surface area contributed by atoms with Gasteiger partial charge in [0.15, 0.2) is 10.9 Å². The molecule has 1 saturated heterocycles. The molecule has 0 bridgehead atoms. The number of carbonyl (C=O) groups excluding carboxylic acids is 1. The van der Waals surface area contributed by atoms with Crippen LogP contribution in [0.2, 0.25) is 5.02 Å². The number of rotatable bonds is 7. The van der Waals surface area contributed by atoms with Gasteiger partial charge >= 0.3 is 0 Å². The first-order chi connectivity index (χ1) is 15.9. The fourth-order valence-corrected chi connectivity index (χ4v) is 5.52. The smallest absolute Gasteiger partial charge is 0.228 e. The van der Waals surface area contributed by atoms with Crippen LogP contribution in [0.25, 0.3) is 5.69 Å². The van der Waals surface area contributed by atoms with Crippen LogP contribution in [-0.4, -0.2) is 56.7 Å². The SMILES string of the molecule is Cc1cc(C(=O)[C@@H](C)Sc2nnc(N3CCOCC3)n2C2CC2)c(C)n1-c1ccc(Cl)cc1. The number of morpholine rings is 1. The Balaban J connectivity index is 1.38. The van der Waals surface area contributed by atoms with Crippen molar-refractivity contribution in [3.63, 3.8) is 0 Å². The molecule has 33 heavy (non-hydrogen) atoms. The van der Waals surface area contributed by atoms with Crippen molar-refractivity contribution in [2.45, 2.75) is 50.1 Å². The Hall–Kier alpha value is -2.29. The molecule has 0 amide bonds. The molecular formula is C24H28ClN5O2S. The summed E-state index contributed by atoms with van der Waals surface area (Å²) in [4.78, 5) is 15.7. The second-order valence-corrected chi connectivity index (χ2v) is 10.4. The third kappa shape index (κ3) is 4.44. The number of Topliss-reactive ketones (excluding diaryl/α,β-unsaturated/α-hetero) is 1. The molecule has 1 atom stereocenters. The van der Waals surface area contributed by atoms with E-state index in [1.807, 2.05) is 51.1 Å². The van der Waals surface area contributed by atoms with Crippen molar-refractivity contribution in [2.75, 3.05) is 31.2 Å². The van der Waals surface area contributed by atoms with Gasteiger partial charge < -0.3 is 14.2 Å². The number of aromatic nitrogens is 4. The first kappa shape index (κ1) is 22.5. The highest BCUT2D eigenvalue weighted by Gasteiger charge is 2.33. The molecule has 2 aliphatic rings. The number of nitrogens with zero attached hydrogens (tertiary/aromatic N) is 5. The van der Waals surface area contributed by atoms with Gasteiger partial charge in [-0.1, -0.05) is 23.4 Å². The monoisotopic (exact) mass is 485 g/mol. The number of thioether (sulfide) groups is 1. The summed E-state index contributed by atoms with van der Waals surface area (Å²) in [6.07, 6.45) is 2.26. The molecule has 1 aliphatic heterocycles. The molecule has 3 heterocycles. The van der Waals surface area contributed by atoms with Crippen molar-refractivity contribution in [1.82, 2.24) is 19.3 Å². The number of ketones is 1. The number of aryl methyl sites for hydroxylation is 1. The Kier molecular flexibility index (Phi) is 6.24. The zero-order chi connectivity index (χ0) is 23.1. The van der Waals surface area contributed by atoms with E-state index in [1.54, 1.807) is 0 Å². The van der Waals surface area contributed by atoms with E-state index in [9.17, 15) is 4.79 Å². The molecule has 0 radical (unpaired) electrons. The fourth-order valence-electron chi connectivity index (χ4n) is 4.41. The van der Waals surface area contributed by atoms with E-state index >= 15 is 0 Å². The average molecular weight is 486 g/mol. The van der Waals surface area contributed by atoms with Crippen LogP contribution in [0.5, 0.6) is 0 Å². The van der Waals surface area contributed by atoms with E-state index in [1.165, 1.54) is 11.8 Å². The number of halogens is 1. The van der Waals surface area contributed by atoms with E-state index in [2.05, 4.69) is 24.2 Å². The van der Waals surface area contributed by atoms with Crippen LogP contribution in [-0.2, 0) is 4.74 Å². The standard InChI is InChI=1S/C24H28ClN5O2S/c1-15-14-21(16(2)29(15)19-6-4-18(25)5-7-19)22(31)17(3)33-24-27-26-23(30(24)20-8-9-20)28-10-12-32-13-11-28/h4-7,14,17,20H,8-13H2,1-3H3/t17-/m1/s1. The largest absolute Gasteiger partial charge is 0.378 e. The number of ether oxygens (including phenoxy) is 1. The summed E-state index contributed by atoms with van der Waals surface area (Å²) in [5.41, 5.74) is 3.70. The summed E-state index contributed by atoms with van der Waals surface area (Å²) >= 11 is 7.56. The Labute approximate surface area is 203 Å². The quantitative estimate of drug-likeness (QED) is 0.351. The lowest BCUT2D eigenvalue weighted by molar-refractivity contribution is 0.0993. The maximum atomic E-state index is 13.5. The minimum absolute atomic E-state index is 0.103. The second-order valence-electron chi connectivity index (χ2n) is 8.70. The van der Waals surface area contributed by atoms with Crippen LogP contribution in [0.1, 0.15) is 47.6 Å². The number of anilines is 1. The van der Waals surface area contributed by atoms with Crippen LogP contribution in [0.3, 0.4) is 0 Å². The van der Waals surface area contributed by atoms with E-state index in [4.69, 9.17) is 16.3 Å². The fraction of sp³-hybridized carbons (Fsp3) is 0.458. The van der Waals surface area contributed by atoms with Gasteiger partial charge in [-0.3, -0.25) is 9.36 Å². The van der Waals surface area contributed by atoms with Crippen molar-refractivity contribution in [1.29, 1.82) is 0 Å². The summed E-state index contributed by atoms with van der Waals surface area (Å²) in [5.74, 6) is 1.01. The van der Waals surface area contributed by atoms with Gasteiger partial charge in [-0.2, -0.15) is 0 Å². The molecule has 0 N–H and O–H groups in total. The van der Waals surface area contributed by atoms with Gasteiger partial charge in [0.1, 0.15) is 0 Å². The predicted molar refractivity (Wildman–Crippen MR) is 131 cm³/mol. The van der Waals surface area contributed by atoms with Crippen LogP contribution < -0.4 is 4.90 Å². The average Bonchev–Trinajstić information content (AvgIpc) is 3.51. The van der Waals surface area contributed by atoms with Crippen molar-refractivity contribution >= 4 is 35.1 Å². The number of carbonyl (C=O) groups is 1. The number of benzene rings is 1. The summed E-state index contributed by atoms with van der Waals surface area (Å²) in [6, 6.07) is 10.1. The minimum atomic E-state index is -0.275. The van der Waals surface area contributed by atoms with Gasteiger partial charge in [0, 0.05) is 46.8 Å². The molecule has 0 spiro atoms. The van der Waals surface area contributed by atoms with E-state index in [0.29, 0.717) is 24.3 Å². The van der Waals surface area contributed by atoms with Gasteiger partial charge in [0.05, 0.1) is 18.5 Å². The Morgan fingerprint density at radius 2 is 1.85 bits per heavy atom. The molecule has 9 heteroatoms. The molecular weight excluding hydrogens is 458 g/mol. The zero-order valence-corrected chi connectivity index (χ0v) is 20.7. The van der Waals surface area contributed by atoms with Gasteiger partial charge in [0.2, 0.25) is 5.95 Å². The Morgan fingerprint density at radius 1 is 1.15 bits per heavy atom. The highest BCUT2D eigenvalue weighted by molar-refractivity contribution is 8.00. The summed E-state index contributed by atoms with van der Waals surface area (Å²) in [7, 11) is 0. The van der Waals surface area contributed by atoms with Gasteiger partial charge in [0.25, 0.3) is 0 Å². The topological polar surface area (TPSA) is 65.2 Å². The summed E-state index contributed by atoms with van der Waals surface area (Å²) in [5, 5.41) is 10.2.